The number of rotatable bonds is 4. The fraction of sp³-hybridized carbons (Fsp3) is 0.500. The first-order chi connectivity index (χ1) is 9.37. The zero-order chi connectivity index (χ0) is 14.9. The number of ether oxygens (including phenoxy) is 1. The number of nitrogens with zero attached hydrogens (tertiary/aromatic N) is 1. The topological polar surface area (TPSA) is 51.2 Å². The van der Waals surface area contributed by atoms with Crippen LogP contribution in [0.3, 0.4) is 0 Å². The van der Waals surface area contributed by atoms with Crippen molar-refractivity contribution in [1.29, 1.82) is 0 Å². The van der Waals surface area contributed by atoms with Crippen LogP contribution in [0.25, 0.3) is 0 Å². The summed E-state index contributed by atoms with van der Waals surface area (Å²) in [4.78, 5) is 16.6. The number of allylic oxidation sites excluding steroid dienone is 2. The molecule has 0 aromatic carbocycles. The van der Waals surface area contributed by atoms with Gasteiger partial charge in [0.05, 0.1) is 13.0 Å². The number of anilines is 1. The molecule has 1 heterocycles. The Kier molecular flexibility index (Phi) is 3.84. The highest BCUT2D eigenvalue weighted by atomic mass is 16.5. The number of carbonyl (C=O) groups excluding carboxylic acids is 1. The average molecular weight is 274 g/mol. The van der Waals surface area contributed by atoms with Gasteiger partial charge in [0.1, 0.15) is 0 Å². The minimum Gasteiger partial charge on any atom is -0.493 e. The highest BCUT2D eigenvalue weighted by Gasteiger charge is 2.60. The van der Waals surface area contributed by atoms with E-state index in [9.17, 15) is 4.79 Å². The van der Waals surface area contributed by atoms with Crippen molar-refractivity contribution < 1.29 is 9.53 Å². The molecule has 1 fully saturated rings. The predicted octanol–water partition coefficient (Wildman–Crippen LogP) is 3.27. The second kappa shape index (κ2) is 5.27. The first kappa shape index (κ1) is 14.6. The Morgan fingerprint density at radius 2 is 2.15 bits per heavy atom. The summed E-state index contributed by atoms with van der Waals surface area (Å²) in [5.41, 5.74) is 1.25. The van der Waals surface area contributed by atoms with Crippen LogP contribution in [0, 0.1) is 17.3 Å². The van der Waals surface area contributed by atoms with Crippen LogP contribution in [0.4, 0.5) is 5.82 Å². The second-order valence-electron chi connectivity index (χ2n) is 6.11. The monoisotopic (exact) mass is 274 g/mol. The van der Waals surface area contributed by atoms with E-state index < -0.39 is 0 Å². The molecule has 0 radical (unpaired) electrons. The van der Waals surface area contributed by atoms with Crippen molar-refractivity contribution >= 4 is 11.7 Å². The van der Waals surface area contributed by atoms with E-state index in [0.29, 0.717) is 17.5 Å². The summed E-state index contributed by atoms with van der Waals surface area (Å²) in [5.74, 6) is 1.36. The quantitative estimate of drug-likeness (QED) is 0.857. The number of amides is 1. The summed E-state index contributed by atoms with van der Waals surface area (Å²) >= 11 is 0. The number of carbonyl (C=O) groups is 1. The zero-order valence-electron chi connectivity index (χ0n) is 12.7. The van der Waals surface area contributed by atoms with Crippen molar-refractivity contribution in [3.63, 3.8) is 0 Å². The van der Waals surface area contributed by atoms with Crippen molar-refractivity contribution in [3.8, 4) is 5.75 Å². The Hall–Kier alpha value is -1.84. The fourth-order valence-corrected chi connectivity index (χ4v) is 2.69. The molecule has 2 rings (SSSR count). The van der Waals surface area contributed by atoms with Crippen LogP contribution in [0.15, 0.2) is 30.0 Å². The molecule has 1 aliphatic carbocycles. The van der Waals surface area contributed by atoms with Crippen LogP contribution in [-0.4, -0.2) is 18.0 Å². The lowest BCUT2D eigenvalue weighted by Gasteiger charge is -2.09. The first-order valence-corrected chi connectivity index (χ1v) is 6.83. The summed E-state index contributed by atoms with van der Waals surface area (Å²) in [7, 11) is 1.57. The van der Waals surface area contributed by atoms with Crippen LogP contribution in [0.1, 0.15) is 27.7 Å². The van der Waals surface area contributed by atoms with Gasteiger partial charge in [-0.05, 0) is 37.3 Å². The van der Waals surface area contributed by atoms with E-state index in [1.54, 1.807) is 25.4 Å². The summed E-state index contributed by atoms with van der Waals surface area (Å²) in [6.07, 6.45) is 3.82. The number of hydrogen-bond donors (Lipinski definition) is 1. The van der Waals surface area contributed by atoms with Gasteiger partial charge < -0.3 is 10.1 Å². The Labute approximate surface area is 120 Å². The van der Waals surface area contributed by atoms with Gasteiger partial charge in [0.15, 0.2) is 11.6 Å². The molecular formula is C16H22N2O2. The molecule has 1 amide bonds. The minimum atomic E-state index is -0.0101. The lowest BCUT2D eigenvalue weighted by atomic mass is 10.1. The lowest BCUT2D eigenvalue weighted by molar-refractivity contribution is -0.118. The maximum Gasteiger partial charge on any atom is 0.229 e. The molecule has 1 aliphatic rings. The molecule has 0 aliphatic heterocycles. The third kappa shape index (κ3) is 2.69. The van der Waals surface area contributed by atoms with Gasteiger partial charge in [0, 0.05) is 6.20 Å². The standard InChI is InChI=1S/C16H22N2O2/c1-10(2)9-11-13(16(11,3)4)15(19)18-14-12(20-5)7-6-8-17-14/h6-9,11,13H,1-5H3,(H,17,18,19). The molecule has 1 saturated carbocycles. The Balaban J connectivity index is 2.12. The van der Waals surface area contributed by atoms with E-state index in [1.165, 1.54) is 5.57 Å². The van der Waals surface area contributed by atoms with E-state index in [4.69, 9.17) is 4.74 Å². The van der Waals surface area contributed by atoms with Gasteiger partial charge in [-0.15, -0.1) is 0 Å². The van der Waals surface area contributed by atoms with Crippen molar-refractivity contribution in [2.24, 2.45) is 17.3 Å². The van der Waals surface area contributed by atoms with E-state index in [-0.39, 0.29) is 17.2 Å². The molecule has 0 spiro atoms. The number of pyridine rings is 1. The van der Waals surface area contributed by atoms with Gasteiger partial charge >= 0.3 is 0 Å². The molecule has 2 atom stereocenters. The SMILES string of the molecule is COc1cccnc1NC(=O)C1C(C=C(C)C)C1(C)C. The second-order valence-corrected chi connectivity index (χ2v) is 6.11. The largest absolute Gasteiger partial charge is 0.493 e. The van der Waals surface area contributed by atoms with Crippen LogP contribution in [0.5, 0.6) is 5.75 Å². The van der Waals surface area contributed by atoms with Crippen molar-refractivity contribution in [3.05, 3.63) is 30.0 Å². The van der Waals surface area contributed by atoms with E-state index in [1.807, 2.05) is 0 Å². The molecule has 1 N–H and O–H groups in total. The van der Waals surface area contributed by atoms with Gasteiger partial charge in [-0.3, -0.25) is 4.79 Å². The summed E-state index contributed by atoms with van der Waals surface area (Å²) in [5, 5.41) is 2.88. The van der Waals surface area contributed by atoms with Gasteiger partial charge in [-0.2, -0.15) is 0 Å². The van der Waals surface area contributed by atoms with Crippen LogP contribution < -0.4 is 10.1 Å². The summed E-state index contributed by atoms with van der Waals surface area (Å²) in [6, 6.07) is 3.57. The van der Waals surface area contributed by atoms with Crippen LogP contribution in [-0.2, 0) is 4.79 Å². The van der Waals surface area contributed by atoms with Crippen LogP contribution >= 0.6 is 0 Å². The number of hydrogen-bond acceptors (Lipinski definition) is 3. The molecule has 2 unspecified atom stereocenters. The minimum absolute atomic E-state index is 0.00334. The maximum absolute atomic E-state index is 12.4. The first-order valence-electron chi connectivity index (χ1n) is 6.83. The van der Waals surface area contributed by atoms with Gasteiger partial charge in [0.2, 0.25) is 5.91 Å². The highest BCUT2D eigenvalue weighted by Crippen LogP contribution is 2.59. The average Bonchev–Trinajstić information content (AvgIpc) is 2.90. The number of nitrogens with one attached hydrogen (secondary N) is 1. The van der Waals surface area contributed by atoms with Gasteiger partial charge in [-0.25, -0.2) is 4.98 Å². The summed E-state index contributed by atoms with van der Waals surface area (Å²) in [6.45, 7) is 8.37. The van der Waals surface area contributed by atoms with Crippen LogP contribution in [0.2, 0.25) is 0 Å². The molecule has 0 bridgehead atoms. The van der Waals surface area contributed by atoms with E-state index in [0.717, 1.165) is 0 Å². The fourth-order valence-electron chi connectivity index (χ4n) is 2.69. The molecule has 0 saturated heterocycles. The summed E-state index contributed by atoms with van der Waals surface area (Å²) < 4.78 is 5.20. The molecule has 20 heavy (non-hydrogen) atoms. The molecular weight excluding hydrogens is 252 g/mol. The predicted molar refractivity (Wildman–Crippen MR) is 79.6 cm³/mol. The number of methoxy groups -OCH3 is 1. The third-order valence-electron chi connectivity index (χ3n) is 3.94. The zero-order valence-corrected chi connectivity index (χ0v) is 12.7. The Morgan fingerprint density at radius 1 is 1.45 bits per heavy atom. The lowest BCUT2D eigenvalue weighted by Crippen LogP contribution is -2.18. The third-order valence-corrected chi connectivity index (χ3v) is 3.94. The molecule has 1 aromatic rings. The molecule has 1 aromatic heterocycles. The van der Waals surface area contributed by atoms with Gasteiger partial charge in [0.25, 0.3) is 0 Å². The number of aromatic nitrogens is 1. The van der Waals surface area contributed by atoms with E-state index in [2.05, 4.69) is 44.1 Å². The Bertz CT molecular complexity index is 545. The van der Waals surface area contributed by atoms with E-state index >= 15 is 0 Å². The van der Waals surface area contributed by atoms with Crippen molar-refractivity contribution in [2.75, 3.05) is 12.4 Å². The van der Waals surface area contributed by atoms with Crippen molar-refractivity contribution in [2.45, 2.75) is 27.7 Å². The normalized spacial score (nSPS) is 22.9. The smallest absolute Gasteiger partial charge is 0.229 e. The van der Waals surface area contributed by atoms with Crippen molar-refractivity contribution in [1.82, 2.24) is 4.98 Å². The maximum atomic E-state index is 12.4. The van der Waals surface area contributed by atoms with Gasteiger partial charge in [-0.1, -0.05) is 25.5 Å². The Morgan fingerprint density at radius 3 is 2.75 bits per heavy atom. The highest BCUT2D eigenvalue weighted by molar-refractivity contribution is 5.96. The molecule has 4 nitrogen and oxygen atoms in total. The molecule has 4 heteroatoms. The molecule has 108 valence electrons.